The van der Waals surface area contributed by atoms with Gasteiger partial charge in [0.15, 0.2) is 15.9 Å². The van der Waals surface area contributed by atoms with Crippen LogP contribution in [0.2, 0.25) is 5.02 Å². The molecule has 0 saturated carbocycles. The molecule has 0 fully saturated rings. The molecule has 1 aliphatic rings. The SMILES string of the molecule is CC1=NN(c2cccc(Cl)c2)C(=O)C1N=Nc1cc(S(C)(=O)=O)ccc1O. The predicted octanol–water partition coefficient (Wildman–Crippen LogP) is 3.32. The number of anilines is 1. The maximum atomic E-state index is 12.6. The van der Waals surface area contributed by atoms with Gasteiger partial charge in [-0.3, -0.25) is 4.79 Å². The lowest BCUT2D eigenvalue weighted by Gasteiger charge is -2.12. The highest BCUT2D eigenvalue weighted by atomic mass is 35.5. The number of phenols is 1. The molecule has 0 saturated heterocycles. The van der Waals surface area contributed by atoms with Gasteiger partial charge in [0.25, 0.3) is 5.91 Å². The molecule has 3 rings (SSSR count). The summed E-state index contributed by atoms with van der Waals surface area (Å²) in [7, 11) is -3.47. The Hall–Kier alpha value is -2.78. The number of sulfone groups is 1. The first-order valence-electron chi connectivity index (χ1n) is 7.75. The standard InChI is InChI=1S/C17H15ClN4O4S/c1-10-16(17(24)22(21-10)12-5-3-4-11(18)8-12)20-19-14-9-13(27(2,25)26)6-7-15(14)23/h3-9,16,23H,1-2H3. The Morgan fingerprint density at radius 1 is 1.22 bits per heavy atom. The van der Waals surface area contributed by atoms with Gasteiger partial charge in [0.1, 0.15) is 11.4 Å². The molecule has 2 aromatic carbocycles. The summed E-state index contributed by atoms with van der Waals surface area (Å²) in [5.41, 5.74) is 0.841. The highest BCUT2D eigenvalue weighted by Crippen LogP contribution is 2.31. The monoisotopic (exact) mass is 406 g/mol. The van der Waals surface area contributed by atoms with Crippen LogP contribution >= 0.6 is 11.6 Å². The van der Waals surface area contributed by atoms with Crippen molar-refractivity contribution in [2.45, 2.75) is 17.9 Å². The molecule has 10 heteroatoms. The second-order valence-corrected chi connectivity index (χ2v) is 8.36. The molecule has 1 amide bonds. The molecule has 0 aromatic heterocycles. The summed E-state index contributed by atoms with van der Waals surface area (Å²) < 4.78 is 23.3. The molecule has 1 aliphatic heterocycles. The van der Waals surface area contributed by atoms with E-state index in [1.165, 1.54) is 23.2 Å². The third kappa shape index (κ3) is 3.99. The fourth-order valence-corrected chi connectivity index (χ4v) is 3.24. The van der Waals surface area contributed by atoms with E-state index in [0.29, 0.717) is 16.4 Å². The van der Waals surface area contributed by atoms with Gasteiger partial charge in [-0.05, 0) is 43.3 Å². The minimum Gasteiger partial charge on any atom is -0.506 e. The summed E-state index contributed by atoms with van der Waals surface area (Å²) in [6.45, 7) is 1.62. The van der Waals surface area contributed by atoms with Gasteiger partial charge >= 0.3 is 0 Å². The molecule has 140 valence electrons. The van der Waals surface area contributed by atoms with Crippen molar-refractivity contribution >= 4 is 44.4 Å². The van der Waals surface area contributed by atoms with Crippen molar-refractivity contribution < 1.29 is 18.3 Å². The predicted molar refractivity (Wildman–Crippen MR) is 102 cm³/mol. The first-order chi connectivity index (χ1) is 12.7. The molecule has 0 spiro atoms. The van der Waals surface area contributed by atoms with Crippen molar-refractivity contribution in [3.63, 3.8) is 0 Å². The van der Waals surface area contributed by atoms with Crippen molar-refractivity contribution in [2.24, 2.45) is 15.3 Å². The topological polar surface area (TPSA) is 112 Å². The molecule has 1 atom stereocenters. The number of phenolic OH excluding ortho intramolecular Hbond substituents is 1. The maximum Gasteiger partial charge on any atom is 0.280 e. The average molecular weight is 407 g/mol. The molecular weight excluding hydrogens is 392 g/mol. The van der Waals surface area contributed by atoms with Crippen LogP contribution in [0.1, 0.15) is 6.92 Å². The quantitative estimate of drug-likeness (QED) is 0.784. The van der Waals surface area contributed by atoms with E-state index in [2.05, 4.69) is 15.3 Å². The summed E-state index contributed by atoms with van der Waals surface area (Å²) in [5, 5.41) is 23.5. The zero-order valence-electron chi connectivity index (χ0n) is 14.4. The van der Waals surface area contributed by atoms with Crippen molar-refractivity contribution in [1.82, 2.24) is 0 Å². The largest absolute Gasteiger partial charge is 0.506 e. The van der Waals surface area contributed by atoms with E-state index in [-0.39, 0.29) is 16.3 Å². The summed E-state index contributed by atoms with van der Waals surface area (Å²) in [6, 6.07) is 9.33. The highest BCUT2D eigenvalue weighted by Gasteiger charge is 2.34. The first kappa shape index (κ1) is 19.0. The van der Waals surface area contributed by atoms with Crippen LogP contribution in [0.15, 0.2) is 62.7 Å². The van der Waals surface area contributed by atoms with Gasteiger partial charge in [-0.2, -0.15) is 20.3 Å². The van der Waals surface area contributed by atoms with Gasteiger partial charge in [0, 0.05) is 11.3 Å². The number of rotatable bonds is 4. The third-order valence-corrected chi connectivity index (χ3v) is 5.15. The van der Waals surface area contributed by atoms with Crippen LogP contribution in [0.4, 0.5) is 11.4 Å². The second-order valence-electron chi connectivity index (χ2n) is 5.91. The lowest BCUT2D eigenvalue weighted by atomic mass is 10.2. The molecule has 1 N–H and O–H groups in total. The van der Waals surface area contributed by atoms with Gasteiger partial charge < -0.3 is 5.11 Å². The summed E-state index contributed by atoms with van der Waals surface area (Å²) in [5.74, 6) is -0.685. The van der Waals surface area contributed by atoms with Gasteiger partial charge in [-0.15, -0.1) is 0 Å². The van der Waals surface area contributed by atoms with E-state index in [0.717, 1.165) is 6.26 Å². The van der Waals surface area contributed by atoms with Crippen molar-refractivity contribution in [3.8, 4) is 5.75 Å². The Kier molecular flexibility index (Phi) is 4.99. The lowest BCUT2D eigenvalue weighted by molar-refractivity contribution is -0.117. The number of nitrogens with zero attached hydrogens (tertiary/aromatic N) is 4. The smallest absolute Gasteiger partial charge is 0.280 e. The van der Waals surface area contributed by atoms with Crippen LogP contribution < -0.4 is 5.01 Å². The fraction of sp³-hybridized carbons (Fsp3) is 0.176. The Morgan fingerprint density at radius 3 is 2.63 bits per heavy atom. The molecule has 0 aliphatic carbocycles. The van der Waals surface area contributed by atoms with Gasteiger partial charge in [-0.25, -0.2) is 8.42 Å². The Balaban J connectivity index is 1.89. The first-order valence-corrected chi connectivity index (χ1v) is 10.0. The Bertz CT molecular complexity index is 1080. The van der Waals surface area contributed by atoms with E-state index in [1.54, 1.807) is 31.2 Å². The number of hydrogen-bond donors (Lipinski definition) is 1. The van der Waals surface area contributed by atoms with Gasteiger partial charge in [0.05, 0.1) is 16.3 Å². The fourth-order valence-electron chi connectivity index (χ4n) is 2.42. The van der Waals surface area contributed by atoms with Crippen LogP contribution in [-0.4, -0.2) is 37.4 Å². The second kappa shape index (κ2) is 7.09. The van der Waals surface area contributed by atoms with Crippen molar-refractivity contribution in [1.29, 1.82) is 0 Å². The number of hydrazone groups is 1. The zero-order chi connectivity index (χ0) is 19.8. The van der Waals surface area contributed by atoms with Crippen LogP contribution in [0.3, 0.4) is 0 Å². The van der Waals surface area contributed by atoms with Crippen LogP contribution in [0, 0.1) is 0 Å². The summed E-state index contributed by atoms with van der Waals surface area (Å²) in [6.07, 6.45) is 1.04. The minimum absolute atomic E-state index is 0.0158. The molecule has 0 radical (unpaired) electrons. The molecule has 1 unspecified atom stereocenters. The van der Waals surface area contributed by atoms with E-state index in [4.69, 9.17) is 11.6 Å². The molecule has 1 heterocycles. The summed E-state index contributed by atoms with van der Waals surface area (Å²) in [4.78, 5) is 12.6. The zero-order valence-corrected chi connectivity index (χ0v) is 15.9. The minimum atomic E-state index is -3.47. The lowest BCUT2D eigenvalue weighted by Crippen LogP contribution is -2.29. The molecular formula is C17H15ClN4O4S. The number of carbonyl (C=O) groups is 1. The van der Waals surface area contributed by atoms with E-state index >= 15 is 0 Å². The number of azo groups is 1. The molecule has 8 nitrogen and oxygen atoms in total. The maximum absolute atomic E-state index is 12.6. The number of halogens is 1. The van der Waals surface area contributed by atoms with E-state index in [1.807, 2.05) is 0 Å². The van der Waals surface area contributed by atoms with Crippen LogP contribution in [0.25, 0.3) is 0 Å². The van der Waals surface area contributed by atoms with Crippen LogP contribution in [0.5, 0.6) is 5.75 Å². The van der Waals surface area contributed by atoms with Crippen molar-refractivity contribution in [3.05, 3.63) is 47.5 Å². The van der Waals surface area contributed by atoms with E-state index < -0.39 is 21.8 Å². The highest BCUT2D eigenvalue weighted by molar-refractivity contribution is 7.90. The molecule has 0 bridgehead atoms. The molecule has 2 aromatic rings. The molecule has 27 heavy (non-hydrogen) atoms. The third-order valence-electron chi connectivity index (χ3n) is 3.80. The van der Waals surface area contributed by atoms with Crippen molar-refractivity contribution in [2.75, 3.05) is 11.3 Å². The number of aromatic hydroxyl groups is 1. The number of benzene rings is 2. The van der Waals surface area contributed by atoms with Gasteiger partial charge in [0.2, 0.25) is 0 Å². The number of hydrogen-bond acceptors (Lipinski definition) is 7. The number of amides is 1. The Morgan fingerprint density at radius 2 is 1.96 bits per heavy atom. The number of carbonyl (C=O) groups excluding carboxylic acids is 1. The van der Waals surface area contributed by atoms with Crippen LogP contribution in [-0.2, 0) is 14.6 Å². The normalized spacial score (nSPS) is 17.6. The average Bonchev–Trinajstić information content (AvgIpc) is 2.87. The van der Waals surface area contributed by atoms with Gasteiger partial charge in [-0.1, -0.05) is 17.7 Å². The van der Waals surface area contributed by atoms with E-state index in [9.17, 15) is 18.3 Å². The summed E-state index contributed by atoms with van der Waals surface area (Å²) >= 11 is 5.95. The Labute approximate surface area is 160 Å².